The van der Waals surface area contributed by atoms with E-state index < -0.39 is 28.3 Å². The summed E-state index contributed by atoms with van der Waals surface area (Å²) in [5, 5.41) is 13.3. The maximum Gasteiger partial charge on any atom is 0.418 e. The third-order valence-electron chi connectivity index (χ3n) is 4.68. The van der Waals surface area contributed by atoms with Crippen molar-refractivity contribution in [2.75, 3.05) is 36.5 Å². The number of nitrogens with zero attached hydrogens (tertiary/aromatic N) is 2. The number of carbonyl (C=O) groups is 1. The Morgan fingerprint density at radius 3 is 2.52 bits per heavy atom. The van der Waals surface area contributed by atoms with Gasteiger partial charge in [-0.2, -0.15) is 13.2 Å². The number of hydrogen-bond acceptors (Lipinski definition) is 5. The number of ether oxygens (including phenoxy) is 1. The summed E-state index contributed by atoms with van der Waals surface area (Å²) in [7, 11) is 0. The van der Waals surface area contributed by atoms with Gasteiger partial charge in [0, 0.05) is 36.0 Å². The number of nitrogens with one attached hydrogen (secondary N) is 1. The van der Waals surface area contributed by atoms with Crippen LogP contribution in [0.15, 0.2) is 36.4 Å². The Kier molecular flexibility index (Phi) is 5.73. The molecule has 3 rings (SSSR count). The Labute approximate surface area is 164 Å². The highest BCUT2D eigenvalue weighted by Crippen LogP contribution is 2.38. The van der Waals surface area contributed by atoms with Crippen molar-refractivity contribution < 1.29 is 27.6 Å². The van der Waals surface area contributed by atoms with E-state index in [0.717, 1.165) is 6.07 Å². The number of nitro benzene ring substituents is 1. The number of hydrogen-bond donors (Lipinski definition) is 1. The van der Waals surface area contributed by atoms with Gasteiger partial charge in [-0.3, -0.25) is 14.9 Å². The van der Waals surface area contributed by atoms with E-state index in [-0.39, 0.29) is 16.8 Å². The van der Waals surface area contributed by atoms with Gasteiger partial charge in [-0.05, 0) is 31.2 Å². The molecule has 0 spiro atoms. The number of rotatable bonds is 4. The first-order chi connectivity index (χ1) is 13.7. The van der Waals surface area contributed by atoms with Gasteiger partial charge in [0.05, 0.1) is 29.4 Å². The molecule has 0 bridgehead atoms. The number of carbonyl (C=O) groups excluding carboxylic acids is 1. The average Bonchev–Trinajstić information content (AvgIpc) is 2.68. The van der Waals surface area contributed by atoms with E-state index in [1.165, 1.54) is 37.3 Å². The molecule has 1 aliphatic rings. The van der Waals surface area contributed by atoms with Gasteiger partial charge in [0.1, 0.15) is 0 Å². The number of halogens is 3. The number of anilines is 2. The first kappa shape index (κ1) is 20.6. The predicted molar refractivity (Wildman–Crippen MR) is 100 cm³/mol. The van der Waals surface area contributed by atoms with Crippen LogP contribution in [0.25, 0.3) is 0 Å². The highest BCUT2D eigenvalue weighted by Gasteiger charge is 2.35. The summed E-state index contributed by atoms with van der Waals surface area (Å²) >= 11 is 0. The lowest BCUT2D eigenvalue weighted by molar-refractivity contribution is -0.385. The topological polar surface area (TPSA) is 84.7 Å². The molecule has 1 N–H and O–H groups in total. The molecule has 0 aliphatic carbocycles. The molecule has 0 unspecified atom stereocenters. The summed E-state index contributed by atoms with van der Waals surface area (Å²) < 4.78 is 46.1. The zero-order chi connectivity index (χ0) is 21.2. The maximum atomic E-state index is 13.6. The summed E-state index contributed by atoms with van der Waals surface area (Å²) in [5.41, 5.74) is -1.29. The molecule has 0 aromatic heterocycles. The molecule has 1 amide bonds. The van der Waals surface area contributed by atoms with Gasteiger partial charge in [0.2, 0.25) is 0 Å². The van der Waals surface area contributed by atoms with Crippen LogP contribution in [-0.4, -0.2) is 37.1 Å². The minimum atomic E-state index is -4.69. The molecule has 0 saturated carbocycles. The van der Waals surface area contributed by atoms with Gasteiger partial charge < -0.3 is 15.0 Å². The Balaban J connectivity index is 1.93. The zero-order valence-corrected chi connectivity index (χ0v) is 15.5. The molecule has 0 radical (unpaired) electrons. The van der Waals surface area contributed by atoms with Crippen LogP contribution in [0.1, 0.15) is 21.5 Å². The highest BCUT2D eigenvalue weighted by atomic mass is 19.4. The van der Waals surface area contributed by atoms with E-state index in [9.17, 15) is 28.1 Å². The Hall–Kier alpha value is -3.14. The maximum absolute atomic E-state index is 13.6. The van der Waals surface area contributed by atoms with Crippen molar-refractivity contribution in [1.29, 1.82) is 0 Å². The molecule has 1 fully saturated rings. The van der Waals surface area contributed by atoms with Crippen LogP contribution in [-0.2, 0) is 10.9 Å². The fraction of sp³-hybridized carbons (Fsp3) is 0.316. The second-order valence-corrected chi connectivity index (χ2v) is 6.49. The molecule has 1 aliphatic heterocycles. The molecular weight excluding hydrogens is 391 g/mol. The van der Waals surface area contributed by atoms with Crippen molar-refractivity contribution in [2.45, 2.75) is 13.1 Å². The molecule has 10 heteroatoms. The highest BCUT2D eigenvalue weighted by molar-refractivity contribution is 6.06. The van der Waals surface area contributed by atoms with Crippen molar-refractivity contribution in [1.82, 2.24) is 0 Å². The van der Waals surface area contributed by atoms with Crippen LogP contribution in [0, 0.1) is 17.0 Å². The van der Waals surface area contributed by atoms with Gasteiger partial charge in [-0.1, -0.05) is 6.07 Å². The predicted octanol–water partition coefficient (Wildman–Crippen LogP) is 4.01. The van der Waals surface area contributed by atoms with Crippen molar-refractivity contribution in [3.05, 3.63) is 63.2 Å². The molecule has 0 atom stereocenters. The fourth-order valence-corrected chi connectivity index (χ4v) is 3.15. The van der Waals surface area contributed by atoms with Gasteiger partial charge in [0.15, 0.2) is 0 Å². The lowest BCUT2D eigenvalue weighted by Crippen LogP contribution is -2.36. The summed E-state index contributed by atoms with van der Waals surface area (Å²) in [5.74, 6) is -0.851. The number of alkyl halides is 3. The van der Waals surface area contributed by atoms with Crippen LogP contribution in [0.5, 0.6) is 0 Å². The quantitative estimate of drug-likeness (QED) is 0.609. The molecule has 2 aromatic carbocycles. The molecule has 7 nitrogen and oxygen atoms in total. The van der Waals surface area contributed by atoms with E-state index >= 15 is 0 Å². The van der Waals surface area contributed by atoms with Crippen molar-refractivity contribution >= 4 is 23.0 Å². The third kappa shape index (κ3) is 4.48. The Bertz CT molecular complexity index is 941. The Morgan fingerprint density at radius 1 is 1.21 bits per heavy atom. The van der Waals surface area contributed by atoms with E-state index in [2.05, 4.69) is 5.32 Å². The van der Waals surface area contributed by atoms with Crippen molar-refractivity contribution in [3.8, 4) is 0 Å². The van der Waals surface area contributed by atoms with Gasteiger partial charge in [-0.25, -0.2) is 0 Å². The number of benzene rings is 2. The van der Waals surface area contributed by atoms with E-state index in [4.69, 9.17) is 4.74 Å². The fourth-order valence-electron chi connectivity index (χ4n) is 3.15. The first-order valence-electron chi connectivity index (χ1n) is 8.78. The molecule has 1 saturated heterocycles. The number of amides is 1. The van der Waals surface area contributed by atoms with Crippen LogP contribution in [0.4, 0.5) is 30.2 Å². The SMILES string of the molecule is Cc1c(C(=O)Nc2ccc(N3CCOCC3)cc2C(F)(F)F)cccc1[N+](=O)[O-]. The molecular formula is C19H18F3N3O4. The minimum Gasteiger partial charge on any atom is -0.378 e. The third-order valence-corrected chi connectivity index (χ3v) is 4.68. The lowest BCUT2D eigenvalue weighted by Gasteiger charge is -2.29. The van der Waals surface area contributed by atoms with Crippen LogP contribution in [0.3, 0.4) is 0 Å². The summed E-state index contributed by atoms with van der Waals surface area (Å²) in [4.78, 5) is 24.7. The summed E-state index contributed by atoms with van der Waals surface area (Å²) in [6.07, 6.45) is -4.69. The standard InChI is InChI=1S/C19H18F3N3O4/c1-12-14(3-2-4-17(12)25(27)28)18(26)23-16-6-5-13(11-15(16)19(20,21)22)24-7-9-29-10-8-24/h2-6,11H,7-10H2,1H3,(H,23,26). The van der Waals surface area contributed by atoms with Gasteiger partial charge >= 0.3 is 6.18 Å². The van der Waals surface area contributed by atoms with Crippen LogP contribution in [0.2, 0.25) is 0 Å². The van der Waals surface area contributed by atoms with Crippen molar-refractivity contribution in [3.63, 3.8) is 0 Å². The monoisotopic (exact) mass is 409 g/mol. The molecule has 29 heavy (non-hydrogen) atoms. The first-order valence-corrected chi connectivity index (χ1v) is 8.78. The van der Waals surface area contributed by atoms with Crippen LogP contribution >= 0.6 is 0 Å². The number of morpholine rings is 1. The summed E-state index contributed by atoms with van der Waals surface area (Å²) in [6.45, 7) is 3.16. The normalized spacial score (nSPS) is 14.6. The van der Waals surface area contributed by atoms with Crippen LogP contribution < -0.4 is 10.2 Å². The van der Waals surface area contributed by atoms with Crippen molar-refractivity contribution in [2.24, 2.45) is 0 Å². The van der Waals surface area contributed by atoms with E-state index in [1.54, 1.807) is 4.90 Å². The molecule has 154 valence electrons. The average molecular weight is 409 g/mol. The second kappa shape index (κ2) is 8.08. The second-order valence-electron chi connectivity index (χ2n) is 6.49. The largest absolute Gasteiger partial charge is 0.418 e. The van der Waals surface area contributed by atoms with E-state index in [0.29, 0.717) is 32.0 Å². The smallest absolute Gasteiger partial charge is 0.378 e. The minimum absolute atomic E-state index is 0.0652. The van der Waals surface area contributed by atoms with E-state index in [1.807, 2.05) is 0 Å². The molecule has 1 heterocycles. The lowest BCUT2D eigenvalue weighted by atomic mass is 10.1. The summed E-state index contributed by atoms with van der Waals surface area (Å²) in [6, 6.07) is 7.54. The zero-order valence-electron chi connectivity index (χ0n) is 15.5. The van der Waals surface area contributed by atoms with Gasteiger partial charge in [0.25, 0.3) is 11.6 Å². The number of nitro groups is 1. The van der Waals surface area contributed by atoms with Gasteiger partial charge in [-0.15, -0.1) is 0 Å². The molecule has 2 aromatic rings. The Morgan fingerprint density at radius 2 is 1.90 bits per heavy atom.